The summed E-state index contributed by atoms with van der Waals surface area (Å²) in [6, 6.07) is 0. The van der Waals surface area contributed by atoms with Crippen LogP contribution >= 0.6 is 23.1 Å². The molecule has 0 spiro atoms. The molecule has 2 aromatic rings. The van der Waals surface area contributed by atoms with Gasteiger partial charge in [-0.1, -0.05) is 18.7 Å². The van der Waals surface area contributed by atoms with E-state index in [9.17, 15) is 9.59 Å². The van der Waals surface area contributed by atoms with Gasteiger partial charge in [0.05, 0.1) is 17.2 Å². The molecule has 1 aliphatic carbocycles. The van der Waals surface area contributed by atoms with Crippen LogP contribution in [-0.2, 0) is 28.9 Å². The molecule has 0 bridgehead atoms. The van der Waals surface area contributed by atoms with Crippen LogP contribution in [-0.4, -0.2) is 40.5 Å². The standard InChI is InChI=1S/C19H25N3O3S2/c1-2-8-22-18(24)16-13-6-3-7-14(13)27-17(16)21-19(22)26-11-15(23)20-10-12-5-4-9-25-12/h12H,2-11H2,1H3,(H,20,23). The van der Waals surface area contributed by atoms with Crippen molar-refractivity contribution in [1.29, 1.82) is 0 Å². The van der Waals surface area contributed by atoms with Crippen LogP contribution in [0.3, 0.4) is 0 Å². The molecule has 1 N–H and O–H groups in total. The molecule has 146 valence electrons. The minimum Gasteiger partial charge on any atom is -0.376 e. The van der Waals surface area contributed by atoms with E-state index in [1.807, 2.05) is 0 Å². The van der Waals surface area contributed by atoms with Crippen molar-refractivity contribution >= 4 is 39.2 Å². The van der Waals surface area contributed by atoms with Crippen LogP contribution in [0.2, 0.25) is 0 Å². The molecule has 1 saturated heterocycles. The van der Waals surface area contributed by atoms with Gasteiger partial charge < -0.3 is 10.1 Å². The Kier molecular flexibility index (Phi) is 5.85. The summed E-state index contributed by atoms with van der Waals surface area (Å²) in [5.74, 6) is 0.223. The smallest absolute Gasteiger partial charge is 0.263 e. The number of fused-ring (bicyclic) bond motifs is 3. The number of aryl methyl sites for hydroxylation is 2. The fourth-order valence-electron chi connectivity index (χ4n) is 3.80. The minimum atomic E-state index is -0.0402. The van der Waals surface area contributed by atoms with Crippen molar-refractivity contribution in [1.82, 2.24) is 14.9 Å². The number of nitrogens with zero attached hydrogens (tertiary/aromatic N) is 2. The normalized spacial score (nSPS) is 18.9. The van der Waals surface area contributed by atoms with Gasteiger partial charge in [0.1, 0.15) is 4.83 Å². The van der Waals surface area contributed by atoms with E-state index in [-0.39, 0.29) is 23.3 Å². The number of hydrogen-bond donors (Lipinski definition) is 1. The molecule has 3 heterocycles. The fraction of sp³-hybridized carbons (Fsp3) is 0.632. The molecule has 0 radical (unpaired) electrons. The Balaban J connectivity index is 1.51. The van der Waals surface area contributed by atoms with Gasteiger partial charge in [-0.2, -0.15) is 0 Å². The average Bonchev–Trinajstić information content (AvgIpc) is 3.37. The van der Waals surface area contributed by atoms with Crippen molar-refractivity contribution in [3.8, 4) is 0 Å². The molecule has 1 fully saturated rings. The fourth-order valence-corrected chi connectivity index (χ4v) is 5.96. The number of carbonyl (C=O) groups excluding carboxylic acids is 1. The third-order valence-electron chi connectivity index (χ3n) is 5.12. The number of ether oxygens (including phenoxy) is 1. The van der Waals surface area contributed by atoms with Gasteiger partial charge in [-0.3, -0.25) is 14.2 Å². The lowest BCUT2D eigenvalue weighted by Gasteiger charge is -2.13. The quantitative estimate of drug-likeness (QED) is 0.564. The number of nitrogens with one attached hydrogen (secondary N) is 1. The van der Waals surface area contributed by atoms with Gasteiger partial charge in [0.25, 0.3) is 5.56 Å². The third kappa shape index (κ3) is 3.93. The Bertz CT molecular complexity index is 900. The summed E-state index contributed by atoms with van der Waals surface area (Å²) >= 11 is 3.00. The second-order valence-corrected chi connectivity index (χ2v) is 9.14. The predicted molar refractivity (Wildman–Crippen MR) is 109 cm³/mol. The highest BCUT2D eigenvalue weighted by molar-refractivity contribution is 7.99. The van der Waals surface area contributed by atoms with Crippen molar-refractivity contribution in [2.24, 2.45) is 0 Å². The van der Waals surface area contributed by atoms with Crippen LogP contribution in [0.5, 0.6) is 0 Å². The third-order valence-corrected chi connectivity index (χ3v) is 7.28. The number of hydrogen-bond acceptors (Lipinski definition) is 6. The van der Waals surface area contributed by atoms with E-state index < -0.39 is 0 Å². The average molecular weight is 408 g/mol. The number of thioether (sulfide) groups is 1. The van der Waals surface area contributed by atoms with Gasteiger partial charge in [0, 0.05) is 24.6 Å². The highest BCUT2D eigenvalue weighted by Gasteiger charge is 2.23. The number of carbonyl (C=O) groups is 1. The summed E-state index contributed by atoms with van der Waals surface area (Å²) in [7, 11) is 0. The summed E-state index contributed by atoms with van der Waals surface area (Å²) in [4.78, 5) is 32.2. The van der Waals surface area contributed by atoms with Crippen LogP contribution in [0.25, 0.3) is 10.2 Å². The number of rotatable bonds is 7. The Morgan fingerprint density at radius 2 is 2.30 bits per heavy atom. The molecule has 1 aliphatic heterocycles. The first kappa shape index (κ1) is 19.0. The lowest BCUT2D eigenvalue weighted by molar-refractivity contribution is -0.119. The van der Waals surface area contributed by atoms with Crippen molar-refractivity contribution in [2.75, 3.05) is 18.9 Å². The lowest BCUT2D eigenvalue weighted by atomic mass is 10.2. The molecule has 0 saturated carbocycles. The zero-order valence-electron chi connectivity index (χ0n) is 15.6. The van der Waals surface area contributed by atoms with Crippen LogP contribution in [0.15, 0.2) is 9.95 Å². The second-order valence-electron chi connectivity index (χ2n) is 7.12. The molecule has 27 heavy (non-hydrogen) atoms. The van der Waals surface area contributed by atoms with Crippen LogP contribution in [0, 0.1) is 0 Å². The van der Waals surface area contributed by atoms with E-state index >= 15 is 0 Å². The summed E-state index contributed by atoms with van der Waals surface area (Å²) < 4.78 is 7.29. The Hall–Kier alpha value is -1.38. The number of aromatic nitrogens is 2. The van der Waals surface area contributed by atoms with E-state index in [1.54, 1.807) is 15.9 Å². The summed E-state index contributed by atoms with van der Waals surface area (Å²) in [6.45, 7) is 4.03. The zero-order chi connectivity index (χ0) is 18.8. The van der Waals surface area contributed by atoms with E-state index in [4.69, 9.17) is 9.72 Å². The molecule has 8 heteroatoms. The van der Waals surface area contributed by atoms with Crippen LogP contribution in [0.1, 0.15) is 43.0 Å². The molecular formula is C19H25N3O3S2. The molecule has 1 unspecified atom stereocenters. The maximum absolute atomic E-state index is 13.1. The lowest BCUT2D eigenvalue weighted by Crippen LogP contribution is -2.33. The van der Waals surface area contributed by atoms with E-state index in [0.29, 0.717) is 18.2 Å². The van der Waals surface area contributed by atoms with Gasteiger partial charge in [0.2, 0.25) is 5.91 Å². The van der Waals surface area contributed by atoms with Gasteiger partial charge in [-0.15, -0.1) is 11.3 Å². The maximum atomic E-state index is 13.1. The Morgan fingerprint density at radius 3 is 3.07 bits per heavy atom. The van der Waals surface area contributed by atoms with E-state index in [0.717, 1.165) is 55.3 Å². The molecule has 1 amide bonds. The largest absolute Gasteiger partial charge is 0.376 e. The first-order valence-corrected chi connectivity index (χ1v) is 11.5. The zero-order valence-corrected chi connectivity index (χ0v) is 17.2. The molecule has 2 aliphatic rings. The van der Waals surface area contributed by atoms with E-state index in [2.05, 4.69) is 12.2 Å². The Labute approximate surface area is 166 Å². The van der Waals surface area contributed by atoms with Gasteiger partial charge in [-0.25, -0.2) is 4.98 Å². The highest BCUT2D eigenvalue weighted by Crippen LogP contribution is 2.35. The minimum absolute atomic E-state index is 0.0402. The van der Waals surface area contributed by atoms with Crippen molar-refractivity contribution in [3.05, 3.63) is 20.8 Å². The predicted octanol–water partition coefficient (Wildman–Crippen LogP) is 2.74. The summed E-state index contributed by atoms with van der Waals surface area (Å²) in [5, 5.41) is 4.40. The summed E-state index contributed by atoms with van der Waals surface area (Å²) in [6.07, 6.45) is 6.23. The van der Waals surface area contributed by atoms with E-state index in [1.165, 1.54) is 22.2 Å². The van der Waals surface area contributed by atoms with Crippen molar-refractivity contribution < 1.29 is 9.53 Å². The molecule has 6 nitrogen and oxygen atoms in total. The maximum Gasteiger partial charge on any atom is 0.263 e. The van der Waals surface area contributed by atoms with Gasteiger partial charge in [0.15, 0.2) is 5.16 Å². The molecule has 0 aromatic carbocycles. The topological polar surface area (TPSA) is 73.2 Å². The highest BCUT2D eigenvalue weighted by atomic mass is 32.2. The number of thiophene rings is 1. The molecule has 4 rings (SSSR count). The first-order valence-electron chi connectivity index (χ1n) is 9.73. The van der Waals surface area contributed by atoms with Crippen molar-refractivity contribution in [3.63, 3.8) is 0 Å². The van der Waals surface area contributed by atoms with Crippen LogP contribution < -0.4 is 10.9 Å². The molecular weight excluding hydrogens is 382 g/mol. The summed E-state index contributed by atoms with van der Waals surface area (Å²) in [5.41, 5.74) is 1.27. The van der Waals surface area contributed by atoms with Gasteiger partial charge >= 0.3 is 0 Å². The number of amides is 1. The van der Waals surface area contributed by atoms with Crippen molar-refractivity contribution in [2.45, 2.75) is 63.3 Å². The van der Waals surface area contributed by atoms with Crippen LogP contribution in [0.4, 0.5) is 0 Å². The SMILES string of the molecule is CCCn1c(SCC(=O)NCC2CCCO2)nc2sc3c(c2c1=O)CCC3. The molecule has 1 atom stereocenters. The monoisotopic (exact) mass is 407 g/mol. The Morgan fingerprint density at radius 1 is 1.41 bits per heavy atom. The second kappa shape index (κ2) is 8.32. The molecule has 2 aromatic heterocycles. The first-order chi connectivity index (χ1) is 13.2. The van der Waals surface area contributed by atoms with Gasteiger partial charge in [-0.05, 0) is 44.1 Å².